The second-order valence-electron chi connectivity index (χ2n) is 9.70. The van der Waals surface area contributed by atoms with Gasteiger partial charge in [0.25, 0.3) is 5.91 Å². The first kappa shape index (κ1) is 26.7. The summed E-state index contributed by atoms with van der Waals surface area (Å²) in [6.07, 6.45) is 5.09. The lowest BCUT2D eigenvalue weighted by Gasteiger charge is -2.25. The minimum absolute atomic E-state index is 0.111. The zero-order chi connectivity index (χ0) is 26.5. The maximum absolute atomic E-state index is 13.9. The molecule has 3 aromatic rings. The Labute approximate surface area is 218 Å². The summed E-state index contributed by atoms with van der Waals surface area (Å²) < 4.78 is 23.0. The number of aryl methyl sites for hydroxylation is 2. The quantitative estimate of drug-likeness (QED) is 0.282. The lowest BCUT2D eigenvalue weighted by molar-refractivity contribution is 0.0707. The fourth-order valence-corrected chi connectivity index (χ4v) is 5.15. The number of unbranched alkanes of at least 4 members (excludes halogenated alkanes) is 3. The highest BCUT2D eigenvalue weighted by Gasteiger charge is 2.42. The highest BCUT2D eigenvalue weighted by atomic mass is 16.5. The summed E-state index contributed by atoms with van der Waals surface area (Å²) in [7, 11) is 3.23. The summed E-state index contributed by atoms with van der Waals surface area (Å²) in [5.41, 5.74) is 3.23. The Morgan fingerprint density at radius 1 is 0.946 bits per heavy atom. The number of hydrogen-bond donors (Lipinski definition) is 0. The molecule has 7 nitrogen and oxygen atoms in total. The predicted molar refractivity (Wildman–Crippen MR) is 144 cm³/mol. The summed E-state index contributed by atoms with van der Waals surface area (Å²) in [5, 5.41) is 0.514. The molecule has 0 saturated carbocycles. The van der Waals surface area contributed by atoms with Crippen molar-refractivity contribution in [1.29, 1.82) is 0 Å². The minimum Gasteiger partial charge on any atom is -0.493 e. The number of hydrogen-bond acceptors (Lipinski definition) is 6. The second kappa shape index (κ2) is 11.8. The summed E-state index contributed by atoms with van der Waals surface area (Å²) in [4.78, 5) is 29.2. The van der Waals surface area contributed by atoms with Crippen LogP contribution in [0.15, 0.2) is 39.5 Å². The van der Waals surface area contributed by atoms with Crippen LogP contribution in [0.1, 0.15) is 77.9 Å². The van der Waals surface area contributed by atoms with Crippen molar-refractivity contribution < 1.29 is 23.4 Å². The molecule has 0 aliphatic carbocycles. The molecule has 198 valence electrons. The van der Waals surface area contributed by atoms with Gasteiger partial charge in [-0.15, -0.1) is 0 Å². The van der Waals surface area contributed by atoms with E-state index in [2.05, 4.69) is 6.92 Å². The number of benzene rings is 2. The number of nitrogens with zero attached hydrogens (tertiary/aromatic N) is 1. The van der Waals surface area contributed by atoms with Gasteiger partial charge in [0.2, 0.25) is 5.76 Å². The van der Waals surface area contributed by atoms with Crippen molar-refractivity contribution in [2.45, 2.75) is 58.9 Å². The van der Waals surface area contributed by atoms with Crippen LogP contribution >= 0.6 is 0 Å². The summed E-state index contributed by atoms with van der Waals surface area (Å²) in [6, 6.07) is 8.82. The number of carbonyl (C=O) groups is 1. The van der Waals surface area contributed by atoms with E-state index in [-0.39, 0.29) is 17.1 Å². The SMILES string of the molecule is CCCCCCOc1ccc(C2c3c(oc4cc(C)cc(C)c4c3=O)C(=O)N2CCCOC)cc1OC. The van der Waals surface area contributed by atoms with Crippen LogP contribution in [0.3, 0.4) is 0 Å². The van der Waals surface area contributed by atoms with Gasteiger partial charge >= 0.3 is 0 Å². The van der Waals surface area contributed by atoms with Gasteiger partial charge in [-0.3, -0.25) is 9.59 Å². The molecule has 0 spiro atoms. The third kappa shape index (κ3) is 5.37. The van der Waals surface area contributed by atoms with Crippen molar-refractivity contribution in [3.05, 3.63) is 68.6 Å². The molecule has 1 unspecified atom stereocenters. The Kier molecular flexibility index (Phi) is 8.54. The van der Waals surface area contributed by atoms with Crippen LogP contribution in [0, 0.1) is 13.8 Å². The molecule has 0 saturated heterocycles. The summed E-state index contributed by atoms with van der Waals surface area (Å²) >= 11 is 0. The molecular weight excluding hydrogens is 470 g/mol. The Morgan fingerprint density at radius 2 is 1.76 bits per heavy atom. The standard InChI is InChI=1S/C30H37NO6/c1-6-7-8-9-15-36-22-12-11-21(18-23(22)35-5)27-26-28(32)25-20(3)16-19(2)17-24(25)37-29(26)30(33)31(27)13-10-14-34-4/h11-12,16-18,27H,6-10,13-15H2,1-5H3. The molecule has 1 amide bonds. The fraction of sp³-hybridized carbons (Fsp3) is 0.467. The normalized spacial score (nSPS) is 14.9. The Bertz CT molecular complexity index is 1330. The molecule has 0 N–H and O–H groups in total. The van der Waals surface area contributed by atoms with E-state index in [4.69, 9.17) is 18.6 Å². The first-order chi connectivity index (χ1) is 17.9. The van der Waals surface area contributed by atoms with Crippen molar-refractivity contribution in [2.75, 3.05) is 34.0 Å². The van der Waals surface area contributed by atoms with Crippen LogP contribution in [0.4, 0.5) is 0 Å². The fourth-order valence-electron chi connectivity index (χ4n) is 5.15. The first-order valence-electron chi connectivity index (χ1n) is 13.1. The van der Waals surface area contributed by atoms with Crippen molar-refractivity contribution >= 4 is 16.9 Å². The van der Waals surface area contributed by atoms with Crippen molar-refractivity contribution in [3.8, 4) is 11.5 Å². The van der Waals surface area contributed by atoms with Gasteiger partial charge < -0.3 is 23.5 Å². The molecule has 1 aliphatic rings. The first-order valence-corrected chi connectivity index (χ1v) is 13.1. The maximum atomic E-state index is 13.9. The van der Waals surface area contributed by atoms with Gasteiger partial charge in [-0.1, -0.05) is 38.3 Å². The zero-order valence-electron chi connectivity index (χ0n) is 22.5. The largest absolute Gasteiger partial charge is 0.493 e. The van der Waals surface area contributed by atoms with Crippen LogP contribution in [0.2, 0.25) is 0 Å². The Balaban J connectivity index is 1.78. The number of fused-ring (bicyclic) bond motifs is 2. The zero-order valence-corrected chi connectivity index (χ0v) is 22.5. The molecule has 2 heterocycles. The Morgan fingerprint density at radius 3 is 2.49 bits per heavy atom. The van der Waals surface area contributed by atoms with E-state index >= 15 is 0 Å². The van der Waals surface area contributed by atoms with Crippen molar-refractivity contribution in [3.63, 3.8) is 0 Å². The van der Waals surface area contributed by atoms with Crippen LogP contribution in [0.25, 0.3) is 11.0 Å². The number of rotatable bonds is 12. The summed E-state index contributed by atoms with van der Waals surface area (Å²) in [6.45, 7) is 7.56. The topological polar surface area (TPSA) is 78.2 Å². The molecule has 37 heavy (non-hydrogen) atoms. The highest BCUT2D eigenvalue weighted by Crippen LogP contribution is 2.41. The molecule has 0 bridgehead atoms. The monoisotopic (exact) mass is 507 g/mol. The van der Waals surface area contributed by atoms with E-state index in [1.165, 1.54) is 12.8 Å². The molecule has 2 aromatic carbocycles. The van der Waals surface area contributed by atoms with Gasteiger partial charge in [-0.2, -0.15) is 0 Å². The predicted octanol–water partition coefficient (Wildman–Crippen LogP) is 5.96. The van der Waals surface area contributed by atoms with Crippen LogP contribution in [-0.2, 0) is 4.74 Å². The molecule has 1 atom stereocenters. The number of ether oxygens (including phenoxy) is 3. The third-order valence-corrected chi connectivity index (χ3v) is 6.92. The second-order valence-corrected chi connectivity index (χ2v) is 9.70. The maximum Gasteiger partial charge on any atom is 0.290 e. The van der Waals surface area contributed by atoms with Gasteiger partial charge in [0.05, 0.1) is 30.7 Å². The lowest BCUT2D eigenvalue weighted by atomic mass is 9.96. The van der Waals surface area contributed by atoms with E-state index in [9.17, 15) is 9.59 Å². The van der Waals surface area contributed by atoms with Gasteiger partial charge in [0, 0.05) is 20.3 Å². The lowest BCUT2D eigenvalue weighted by Crippen LogP contribution is -2.31. The average molecular weight is 508 g/mol. The Hall–Kier alpha value is -3.32. The smallest absolute Gasteiger partial charge is 0.290 e. The van der Waals surface area contributed by atoms with E-state index in [0.29, 0.717) is 54.2 Å². The van der Waals surface area contributed by atoms with Crippen molar-refractivity contribution in [2.24, 2.45) is 0 Å². The van der Waals surface area contributed by atoms with Crippen LogP contribution < -0.4 is 14.9 Å². The molecule has 0 radical (unpaired) electrons. The highest BCUT2D eigenvalue weighted by molar-refractivity contribution is 5.99. The number of carbonyl (C=O) groups excluding carboxylic acids is 1. The van der Waals surface area contributed by atoms with E-state index in [1.807, 2.05) is 44.2 Å². The molecule has 7 heteroatoms. The third-order valence-electron chi connectivity index (χ3n) is 6.92. The van der Waals surface area contributed by atoms with Gasteiger partial charge in [-0.25, -0.2) is 0 Å². The van der Waals surface area contributed by atoms with E-state index in [0.717, 1.165) is 29.5 Å². The van der Waals surface area contributed by atoms with Gasteiger partial charge in [-0.05, 0) is 61.6 Å². The molecular formula is C30H37NO6. The van der Waals surface area contributed by atoms with Crippen molar-refractivity contribution in [1.82, 2.24) is 4.90 Å². The summed E-state index contributed by atoms with van der Waals surface area (Å²) in [5.74, 6) is 1.04. The van der Waals surface area contributed by atoms with Crippen LogP contribution in [-0.4, -0.2) is 44.8 Å². The minimum atomic E-state index is -0.590. The number of methoxy groups -OCH3 is 2. The number of amides is 1. The molecule has 1 aliphatic heterocycles. The molecule has 1 aromatic heterocycles. The van der Waals surface area contributed by atoms with E-state index in [1.54, 1.807) is 19.1 Å². The van der Waals surface area contributed by atoms with Gasteiger partial charge in [0.1, 0.15) is 5.58 Å². The van der Waals surface area contributed by atoms with Gasteiger partial charge in [0.15, 0.2) is 16.9 Å². The molecule has 4 rings (SSSR count). The average Bonchev–Trinajstić information content (AvgIpc) is 3.15. The van der Waals surface area contributed by atoms with E-state index < -0.39 is 6.04 Å². The van der Waals surface area contributed by atoms with Crippen LogP contribution in [0.5, 0.6) is 11.5 Å². The molecule has 0 fully saturated rings.